The second kappa shape index (κ2) is 35.4. The van der Waals surface area contributed by atoms with Gasteiger partial charge in [-0.25, -0.2) is 0 Å². The first-order chi connectivity index (χ1) is 20.4. The quantitative estimate of drug-likeness (QED) is 0.283. The van der Waals surface area contributed by atoms with E-state index < -0.39 is 0 Å². The van der Waals surface area contributed by atoms with Crippen LogP contribution in [0.3, 0.4) is 0 Å². The predicted molar refractivity (Wildman–Crippen MR) is 196 cm³/mol. The number of nitrogens with zero attached hydrogens (tertiary/aromatic N) is 5. The van der Waals surface area contributed by atoms with Gasteiger partial charge >= 0.3 is 0 Å². The van der Waals surface area contributed by atoms with Crippen LogP contribution in [0.5, 0.6) is 0 Å². The van der Waals surface area contributed by atoms with E-state index >= 15 is 0 Å². The van der Waals surface area contributed by atoms with E-state index in [1.54, 1.807) is 12.4 Å². The Morgan fingerprint density at radius 2 is 0.976 bits per heavy atom. The standard InChI is InChI=1S/3C6H13N.C5H6.2C4H5N.3C2H6/c3*1-6-3-4-7(2)5-6;3*1-2-4-5-3-1;3*1-2/h3*6H,3-5H2,1-2H3;1-4H,5H2;1,3-4H,2H2;1-3H,4H2;3*1-2H3. The predicted octanol–water partition coefficient (Wildman–Crippen LogP) is 9.06. The van der Waals surface area contributed by atoms with Crippen LogP contribution in [0.25, 0.3) is 0 Å². The molecule has 5 heteroatoms. The highest BCUT2D eigenvalue weighted by Crippen LogP contribution is 2.12. The Labute approximate surface area is 264 Å². The summed E-state index contributed by atoms with van der Waals surface area (Å²) in [6, 6.07) is 0. The van der Waals surface area contributed by atoms with Crippen LogP contribution in [0.4, 0.5) is 0 Å². The Bertz CT molecular complexity index is 558. The molecule has 6 aliphatic rings. The first-order valence-corrected chi connectivity index (χ1v) is 17.1. The molecule has 0 N–H and O–H groups in total. The van der Waals surface area contributed by atoms with Crippen LogP contribution in [0.1, 0.15) is 94.4 Å². The molecule has 0 spiro atoms. The summed E-state index contributed by atoms with van der Waals surface area (Å²) >= 11 is 0. The Balaban J connectivity index is -0.000000421. The van der Waals surface area contributed by atoms with Gasteiger partial charge in [-0.2, -0.15) is 0 Å². The fourth-order valence-corrected chi connectivity index (χ4v) is 4.47. The second-order valence-corrected chi connectivity index (χ2v) is 11.0. The number of hydrogen-bond acceptors (Lipinski definition) is 5. The molecule has 0 amide bonds. The van der Waals surface area contributed by atoms with E-state index in [2.05, 4.69) is 90.9 Å². The van der Waals surface area contributed by atoms with Gasteiger partial charge in [-0.3, -0.25) is 9.98 Å². The summed E-state index contributed by atoms with van der Waals surface area (Å²) in [6.45, 7) is 27.7. The third kappa shape index (κ3) is 32.7. The van der Waals surface area contributed by atoms with Gasteiger partial charge in [-0.1, -0.05) is 98.8 Å². The zero-order chi connectivity index (χ0) is 32.4. The van der Waals surface area contributed by atoms with Gasteiger partial charge in [0.05, 0.1) is 6.54 Å². The second-order valence-electron chi connectivity index (χ2n) is 11.0. The Kier molecular flexibility index (Phi) is 37.6. The zero-order valence-corrected chi connectivity index (χ0v) is 30.2. The number of rotatable bonds is 0. The van der Waals surface area contributed by atoms with Gasteiger partial charge in [-0.05, 0) is 90.3 Å². The summed E-state index contributed by atoms with van der Waals surface area (Å²) in [5.74, 6) is 2.85. The van der Waals surface area contributed by atoms with E-state index in [4.69, 9.17) is 0 Å². The van der Waals surface area contributed by atoms with Crippen molar-refractivity contribution in [2.45, 2.75) is 94.4 Å². The fraction of sp³-hybridized carbons (Fsp3) is 0.730. The molecule has 0 bridgehead atoms. The van der Waals surface area contributed by atoms with Gasteiger partial charge < -0.3 is 14.7 Å². The molecule has 1 aliphatic carbocycles. The highest BCUT2D eigenvalue weighted by Gasteiger charge is 2.14. The van der Waals surface area contributed by atoms with Gasteiger partial charge in [0.25, 0.3) is 0 Å². The smallest absolute Gasteiger partial charge is 0.0573 e. The van der Waals surface area contributed by atoms with Crippen LogP contribution in [-0.2, 0) is 0 Å². The molecule has 0 aromatic rings. The monoisotopic (exact) mass is 588 g/mol. The Morgan fingerprint density at radius 3 is 1.07 bits per heavy atom. The molecular formula is C37H73N5. The highest BCUT2D eigenvalue weighted by molar-refractivity contribution is 5.73. The lowest BCUT2D eigenvalue weighted by molar-refractivity contribution is 0.402. The molecule has 0 aromatic carbocycles. The minimum Gasteiger partial charge on any atom is -0.306 e. The molecule has 42 heavy (non-hydrogen) atoms. The molecule has 0 saturated carbocycles. The number of likely N-dealkylation sites (tertiary alicyclic amines) is 3. The summed E-state index contributed by atoms with van der Waals surface area (Å²) in [5, 5.41) is 0. The first-order valence-electron chi connectivity index (χ1n) is 17.1. The van der Waals surface area contributed by atoms with Gasteiger partial charge in [-0.15, -0.1) is 0 Å². The molecule has 3 fully saturated rings. The van der Waals surface area contributed by atoms with Crippen molar-refractivity contribution in [2.24, 2.45) is 27.7 Å². The van der Waals surface area contributed by atoms with E-state index in [-0.39, 0.29) is 0 Å². The normalized spacial score (nSPS) is 23.9. The number of hydrogen-bond donors (Lipinski definition) is 0. The molecular weight excluding hydrogens is 514 g/mol. The van der Waals surface area contributed by atoms with Crippen LogP contribution < -0.4 is 0 Å². The minimum atomic E-state index is 0.889. The van der Waals surface area contributed by atoms with Crippen molar-refractivity contribution in [2.75, 3.05) is 67.0 Å². The minimum absolute atomic E-state index is 0.889. The fourth-order valence-electron chi connectivity index (χ4n) is 4.47. The van der Waals surface area contributed by atoms with E-state index in [0.29, 0.717) is 0 Å². The Hall–Kier alpha value is -1.82. The van der Waals surface area contributed by atoms with Gasteiger partial charge in [0.15, 0.2) is 0 Å². The Morgan fingerprint density at radius 1 is 0.548 bits per heavy atom. The van der Waals surface area contributed by atoms with Crippen LogP contribution >= 0.6 is 0 Å². The van der Waals surface area contributed by atoms with Gasteiger partial charge in [0.2, 0.25) is 0 Å². The van der Waals surface area contributed by atoms with Crippen molar-refractivity contribution in [1.82, 2.24) is 14.7 Å². The third-order valence-electron chi connectivity index (χ3n) is 6.61. The summed E-state index contributed by atoms with van der Waals surface area (Å²) in [4.78, 5) is 14.8. The van der Waals surface area contributed by atoms with Crippen LogP contribution in [0, 0.1) is 17.8 Å². The molecule has 6 rings (SSSR count). The molecule has 0 aromatic heterocycles. The van der Waals surface area contributed by atoms with Crippen molar-refractivity contribution in [3.63, 3.8) is 0 Å². The molecule has 5 heterocycles. The number of aliphatic imine (C=N–C) groups is 2. The van der Waals surface area contributed by atoms with Crippen LogP contribution in [-0.4, -0.2) is 94.1 Å². The molecule has 3 unspecified atom stereocenters. The largest absolute Gasteiger partial charge is 0.306 e. The van der Waals surface area contributed by atoms with Crippen molar-refractivity contribution in [3.05, 3.63) is 48.7 Å². The van der Waals surface area contributed by atoms with E-state index in [1.807, 2.05) is 66.0 Å². The van der Waals surface area contributed by atoms with Gasteiger partial charge in [0.1, 0.15) is 0 Å². The maximum Gasteiger partial charge on any atom is 0.0573 e. The van der Waals surface area contributed by atoms with Crippen molar-refractivity contribution >= 4 is 12.4 Å². The number of allylic oxidation sites excluding steroid dienone is 6. The average Bonchev–Trinajstić information content (AvgIpc) is 3.84. The van der Waals surface area contributed by atoms with Crippen LogP contribution in [0.2, 0.25) is 0 Å². The lowest BCUT2D eigenvalue weighted by Gasteiger charge is -2.03. The summed E-state index contributed by atoms with van der Waals surface area (Å²) in [6.07, 6.45) is 26.2. The lowest BCUT2D eigenvalue weighted by Crippen LogP contribution is -2.12. The topological polar surface area (TPSA) is 34.4 Å². The summed E-state index contributed by atoms with van der Waals surface area (Å²) in [5.41, 5.74) is 0. The van der Waals surface area contributed by atoms with Crippen LogP contribution in [0.15, 0.2) is 58.7 Å². The zero-order valence-electron chi connectivity index (χ0n) is 30.2. The summed E-state index contributed by atoms with van der Waals surface area (Å²) < 4.78 is 0. The molecule has 3 saturated heterocycles. The maximum absolute atomic E-state index is 3.85. The molecule has 246 valence electrons. The van der Waals surface area contributed by atoms with E-state index in [9.17, 15) is 0 Å². The average molecular weight is 588 g/mol. The molecule has 3 atom stereocenters. The molecule has 0 radical (unpaired) electrons. The van der Waals surface area contributed by atoms with Crippen molar-refractivity contribution < 1.29 is 0 Å². The van der Waals surface area contributed by atoms with E-state index in [1.165, 1.54) is 58.5 Å². The van der Waals surface area contributed by atoms with E-state index in [0.717, 1.165) is 37.1 Å². The molecule has 5 aliphatic heterocycles. The molecule has 5 nitrogen and oxygen atoms in total. The summed E-state index contributed by atoms with van der Waals surface area (Å²) in [7, 11) is 6.55. The van der Waals surface area contributed by atoms with Crippen molar-refractivity contribution in [3.8, 4) is 0 Å². The SMILES string of the molecule is C1=CCC=C1.C1=CCN=C1.C1=CN=CC1.CC.CC.CC.CC1CCN(C)C1.CC1CCN(C)C1.CC1CCN(C)C1. The highest BCUT2D eigenvalue weighted by atomic mass is 15.1. The maximum atomic E-state index is 3.85. The lowest BCUT2D eigenvalue weighted by atomic mass is 10.2. The van der Waals surface area contributed by atoms with Crippen molar-refractivity contribution in [1.29, 1.82) is 0 Å². The first kappa shape index (κ1) is 44.6. The third-order valence-corrected chi connectivity index (χ3v) is 6.61. The van der Waals surface area contributed by atoms with Gasteiger partial charge in [0, 0.05) is 44.7 Å².